The SMILES string of the molecule is Cc1cccc(C)c1OCC(=O)NCCC(=O)N1CCCC1. The summed E-state index contributed by atoms with van der Waals surface area (Å²) in [6.07, 6.45) is 2.53. The first-order valence-corrected chi connectivity index (χ1v) is 7.81. The van der Waals surface area contributed by atoms with Crippen LogP contribution in [0.1, 0.15) is 30.4 Å². The Hall–Kier alpha value is -2.04. The molecule has 0 unspecified atom stereocenters. The van der Waals surface area contributed by atoms with Gasteiger partial charge in [0.2, 0.25) is 5.91 Å². The highest BCUT2D eigenvalue weighted by atomic mass is 16.5. The average Bonchev–Trinajstić information content (AvgIpc) is 3.01. The number of hydrogen-bond acceptors (Lipinski definition) is 3. The van der Waals surface area contributed by atoms with E-state index >= 15 is 0 Å². The van der Waals surface area contributed by atoms with Crippen LogP contribution in [0.15, 0.2) is 18.2 Å². The van der Waals surface area contributed by atoms with E-state index in [-0.39, 0.29) is 18.4 Å². The van der Waals surface area contributed by atoms with E-state index in [0.29, 0.717) is 13.0 Å². The van der Waals surface area contributed by atoms with Gasteiger partial charge in [-0.2, -0.15) is 0 Å². The van der Waals surface area contributed by atoms with E-state index < -0.39 is 0 Å². The molecule has 1 aromatic carbocycles. The molecule has 2 rings (SSSR count). The van der Waals surface area contributed by atoms with Crippen molar-refractivity contribution in [3.63, 3.8) is 0 Å². The maximum Gasteiger partial charge on any atom is 0.257 e. The Morgan fingerprint density at radius 2 is 1.82 bits per heavy atom. The predicted octanol–water partition coefficient (Wildman–Crippen LogP) is 1.81. The fourth-order valence-corrected chi connectivity index (χ4v) is 2.65. The zero-order chi connectivity index (χ0) is 15.9. The molecule has 0 radical (unpaired) electrons. The first kappa shape index (κ1) is 16.3. The van der Waals surface area contributed by atoms with Crippen LogP contribution in [-0.4, -0.2) is 43.0 Å². The standard InChI is InChI=1S/C17H24N2O3/c1-13-6-5-7-14(2)17(13)22-12-15(20)18-9-8-16(21)19-10-3-4-11-19/h5-7H,3-4,8-12H2,1-2H3,(H,18,20). The molecule has 0 saturated carbocycles. The van der Waals surface area contributed by atoms with Gasteiger partial charge in [0.1, 0.15) is 5.75 Å². The molecule has 5 nitrogen and oxygen atoms in total. The van der Waals surface area contributed by atoms with Crippen LogP contribution in [0.5, 0.6) is 5.75 Å². The van der Waals surface area contributed by atoms with Crippen molar-refractivity contribution in [1.29, 1.82) is 0 Å². The quantitative estimate of drug-likeness (QED) is 0.872. The maximum absolute atomic E-state index is 11.8. The van der Waals surface area contributed by atoms with E-state index in [2.05, 4.69) is 5.32 Å². The van der Waals surface area contributed by atoms with Crippen molar-refractivity contribution in [3.05, 3.63) is 29.3 Å². The van der Waals surface area contributed by atoms with Crippen molar-refractivity contribution in [1.82, 2.24) is 10.2 Å². The Kier molecular flexibility index (Phi) is 5.81. The van der Waals surface area contributed by atoms with Gasteiger partial charge in [-0.15, -0.1) is 0 Å². The summed E-state index contributed by atoms with van der Waals surface area (Å²) in [5.41, 5.74) is 2.02. The van der Waals surface area contributed by atoms with Gasteiger partial charge >= 0.3 is 0 Å². The third kappa shape index (κ3) is 4.48. The summed E-state index contributed by atoms with van der Waals surface area (Å²) in [7, 11) is 0. The number of amides is 2. The molecule has 22 heavy (non-hydrogen) atoms. The van der Waals surface area contributed by atoms with Crippen LogP contribution in [0.3, 0.4) is 0 Å². The van der Waals surface area contributed by atoms with Gasteiger partial charge in [0.05, 0.1) is 0 Å². The lowest BCUT2D eigenvalue weighted by molar-refractivity contribution is -0.130. The molecule has 1 heterocycles. The second-order valence-electron chi connectivity index (χ2n) is 5.70. The summed E-state index contributed by atoms with van der Waals surface area (Å²) >= 11 is 0. The van der Waals surface area contributed by atoms with Gasteiger partial charge in [0, 0.05) is 26.1 Å². The van der Waals surface area contributed by atoms with Crippen LogP contribution in [0.4, 0.5) is 0 Å². The zero-order valence-electron chi connectivity index (χ0n) is 13.4. The zero-order valence-corrected chi connectivity index (χ0v) is 13.4. The molecule has 5 heteroatoms. The third-order valence-electron chi connectivity index (χ3n) is 3.88. The Balaban J connectivity index is 1.68. The molecular weight excluding hydrogens is 280 g/mol. The third-order valence-corrected chi connectivity index (χ3v) is 3.88. The van der Waals surface area contributed by atoms with E-state index in [1.165, 1.54) is 0 Å². The van der Waals surface area contributed by atoms with Gasteiger partial charge in [-0.05, 0) is 37.8 Å². The van der Waals surface area contributed by atoms with Gasteiger partial charge in [-0.1, -0.05) is 18.2 Å². The second kappa shape index (κ2) is 7.82. The van der Waals surface area contributed by atoms with Crippen molar-refractivity contribution < 1.29 is 14.3 Å². The summed E-state index contributed by atoms with van der Waals surface area (Å²) in [5, 5.41) is 2.73. The molecule has 0 aliphatic carbocycles. The summed E-state index contributed by atoms with van der Waals surface area (Å²) in [5.74, 6) is 0.677. The van der Waals surface area contributed by atoms with Gasteiger partial charge in [-0.25, -0.2) is 0 Å². The Morgan fingerprint density at radius 3 is 2.45 bits per heavy atom. The number of para-hydroxylation sites is 1. The van der Waals surface area contributed by atoms with E-state index in [0.717, 1.165) is 42.8 Å². The highest BCUT2D eigenvalue weighted by molar-refractivity contribution is 5.80. The summed E-state index contributed by atoms with van der Waals surface area (Å²) < 4.78 is 5.58. The van der Waals surface area contributed by atoms with E-state index in [1.807, 2.05) is 36.9 Å². The maximum atomic E-state index is 11.8. The lowest BCUT2D eigenvalue weighted by Crippen LogP contribution is -2.34. The predicted molar refractivity (Wildman–Crippen MR) is 84.9 cm³/mol. The van der Waals surface area contributed by atoms with E-state index in [4.69, 9.17) is 4.74 Å². The number of benzene rings is 1. The molecule has 1 aromatic rings. The van der Waals surface area contributed by atoms with Gasteiger partial charge in [0.15, 0.2) is 6.61 Å². The number of hydrogen-bond donors (Lipinski definition) is 1. The lowest BCUT2D eigenvalue weighted by atomic mass is 10.1. The number of carbonyl (C=O) groups excluding carboxylic acids is 2. The van der Waals surface area contributed by atoms with Gasteiger partial charge in [-0.3, -0.25) is 9.59 Å². The molecule has 1 saturated heterocycles. The number of rotatable bonds is 6. The van der Waals surface area contributed by atoms with Crippen LogP contribution >= 0.6 is 0 Å². The molecule has 2 amide bonds. The minimum absolute atomic E-state index is 0.0242. The molecule has 120 valence electrons. The number of carbonyl (C=O) groups is 2. The van der Waals surface area contributed by atoms with Crippen LogP contribution < -0.4 is 10.1 Å². The highest BCUT2D eigenvalue weighted by Crippen LogP contribution is 2.21. The van der Waals surface area contributed by atoms with Gasteiger partial charge < -0.3 is 15.0 Å². The monoisotopic (exact) mass is 304 g/mol. The first-order valence-electron chi connectivity index (χ1n) is 7.81. The van der Waals surface area contributed by atoms with E-state index in [1.54, 1.807) is 0 Å². The first-order chi connectivity index (χ1) is 10.6. The number of nitrogens with zero attached hydrogens (tertiary/aromatic N) is 1. The topological polar surface area (TPSA) is 58.6 Å². The smallest absolute Gasteiger partial charge is 0.257 e. The fourth-order valence-electron chi connectivity index (χ4n) is 2.65. The van der Waals surface area contributed by atoms with Crippen molar-refractivity contribution in [2.75, 3.05) is 26.2 Å². The normalized spacial score (nSPS) is 14.0. The fraction of sp³-hybridized carbons (Fsp3) is 0.529. The van der Waals surface area contributed by atoms with Crippen molar-refractivity contribution in [2.45, 2.75) is 33.1 Å². The Morgan fingerprint density at radius 1 is 1.18 bits per heavy atom. The number of ether oxygens (including phenoxy) is 1. The molecule has 1 N–H and O–H groups in total. The summed E-state index contributed by atoms with van der Waals surface area (Å²) in [4.78, 5) is 25.5. The molecule has 0 spiro atoms. The largest absolute Gasteiger partial charge is 0.483 e. The molecule has 1 fully saturated rings. The molecule has 0 atom stereocenters. The molecule has 0 aromatic heterocycles. The lowest BCUT2D eigenvalue weighted by Gasteiger charge is -2.15. The van der Waals surface area contributed by atoms with E-state index in [9.17, 15) is 9.59 Å². The molecular formula is C17H24N2O3. The number of nitrogens with one attached hydrogen (secondary N) is 1. The molecule has 1 aliphatic rings. The number of aryl methyl sites for hydroxylation is 2. The minimum Gasteiger partial charge on any atom is -0.483 e. The van der Waals surface area contributed by atoms with Gasteiger partial charge in [0.25, 0.3) is 5.91 Å². The van der Waals surface area contributed by atoms with Crippen molar-refractivity contribution in [2.24, 2.45) is 0 Å². The highest BCUT2D eigenvalue weighted by Gasteiger charge is 2.17. The average molecular weight is 304 g/mol. The Bertz CT molecular complexity index is 516. The number of likely N-dealkylation sites (tertiary alicyclic amines) is 1. The Labute approximate surface area is 131 Å². The molecule has 0 bridgehead atoms. The van der Waals surface area contributed by atoms with Crippen LogP contribution in [0.2, 0.25) is 0 Å². The molecule has 1 aliphatic heterocycles. The minimum atomic E-state index is -0.197. The van der Waals surface area contributed by atoms with Crippen LogP contribution in [0.25, 0.3) is 0 Å². The summed E-state index contributed by atoms with van der Waals surface area (Å²) in [6, 6.07) is 5.87. The van der Waals surface area contributed by atoms with Crippen molar-refractivity contribution >= 4 is 11.8 Å². The van der Waals surface area contributed by atoms with Crippen LogP contribution in [-0.2, 0) is 9.59 Å². The van der Waals surface area contributed by atoms with Crippen LogP contribution in [0, 0.1) is 13.8 Å². The van der Waals surface area contributed by atoms with Crippen molar-refractivity contribution in [3.8, 4) is 5.75 Å². The second-order valence-corrected chi connectivity index (χ2v) is 5.70. The summed E-state index contributed by atoms with van der Waals surface area (Å²) in [6.45, 7) is 5.95.